The highest BCUT2D eigenvalue weighted by molar-refractivity contribution is 5.83. The van der Waals surface area contributed by atoms with Gasteiger partial charge >= 0.3 is 12.0 Å². The molecule has 0 aliphatic carbocycles. The second kappa shape index (κ2) is 6.47. The van der Waals surface area contributed by atoms with Crippen LogP contribution in [0.2, 0.25) is 0 Å². The van der Waals surface area contributed by atoms with Gasteiger partial charge in [-0.2, -0.15) is 0 Å². The summed E-state index contributed by atoms with van der Waals surface area (Å²) >= 11 is 0. The fourth-order valence-corrected chi connectivity index (χ4v) is 2.17. The number of carbonyl (C=O) groups is 2. The lowest BCUT2D eigenvalue weighted by Gasteiger charge is -2.29. The van der Waals surface area contributed by atoms with Crippen molar-refractivity contribution in [1.82, 2.24) is 9.80 Å². The van der Waals surface area contributed by atoms with Gasteiger partial charge in [-0.05, 0) is 26.2 Å². The van der Waals surface area contributed by atoms with Gasteiger partial charge in [0.2, 0.25) is 0 Å². The molecule has 1 heterocycles. The van der Waals surface area contributed by atoms with Crippen molar-refractivity contribution in [2.75, 3.05) is 19.6 Å². The van der Waals surface area contributed by atoms with Crippen LogP contribution in [-0.2, 0) is 4.79 Å². The molecular formula is C12H22N2O3. The summed E-state index contributed by atoms with van der Waals surface area (Å²) in [5, 5.41) is 9.05. The molecule has 0 aromatic rings. The molecule has 1 saturated heterocycles. The molecule has 1 atom stereocenters. The second-order valence-corrected chi connectivity index (χ2v) is 4.41. The predicted octanol–water partition coefficient (Wildman–Crippen LogP) is 1.78. The summed E-state index contributed by atoms with van der Waals surface area (Å²) in [4.78, 5) is 26.5. The summed E-state index contributed by atoms with van der Waals surface area (Å²) in [5.74, 6) is -0.887. The average molecular weight is 242 g/mol. The first-order valence-electron chi connectivity index (χ1n) is 6.40. The Hall–Kier alpha value is -1.26. The summed E-state index contributed by atoms with van der Waals surface area (Å²) in [5.41, 5.74) is 0. The third-order valence-corrected chi connectivity index (χ3v) is 3.22. The van der Waals surface area contributed by atoms with Gasteiger partial charge in [-0.3, -0.25) is 0 Å². The Kier molecular flexibility index (Phi) is 5.25. The zero-order valence-corrected chi connectivity index (χ0v) is 10.7. The number of aliphatic carboxylic acids is 1. The number of rotatable bonds is 5. The molecule has 0 spiro atoms. The number of carboxylic acids is 1. The molecule has 0 radical (unpaired) electrons. The van der Waals surface area contributed by atoms with Crippen molar-refractivity contribution >= 4 is 12.0 Å². The van der Waals surface area contributed by atoms with Crippen molar-refractivity contribution in [1.29, 1.82) is 0 Å². The van der Waals surface area contributed by atoms with Crippen molar-refractivity contribution in [3.8, 4) is 0 Å². The number of hydrogen-bond acceptors (Lipinski definition) is 2. The molecule has 98 valence electrons. The Balaban J connectivity index is 2.63. The minimum absolute atomic E-state index is 0.120. The first-order chi connectivity index (χ1) is 8.11. The van der Waals surface area contributed by atoms with Crippen LogP contribution in [0.15, 0.2) is 0 Å². The molecule has 0 unspecified atom stereocenters. The molecule has 0 bridgehead atoms. The number of amides is 2. The molecule has 17 heavy (non-hydrogen) atoms. The van der Waals surface area contributed by atoms with E-state index < -0.39 is 12.0 Å². The van der Waals surface area contributed by atoms with Gasteiger partial charge in [0.15, 0.2) is 0 Å². The van der Waals surface area contributed by atoms with Gasteiger partial charge in [0.25, 0.3) is 0 Å². The van der Waals surface area contributed by atoms with Crippen LogP contribution in [0.1, 0.15) is 39.5 Å². The maximum Gasteiger partial charge on any atom is 0.326 e. The van der Waals surface area contributed by atoms with Crippen LogP contribution in [-0.4, -0.2) is 52.6 Å². The van der Waals surface area contributed by atoms with Crippen molar-refractivity contribution < 1.29 is 14.7 Å². The average Bonchev–Trinajstić information content (AvgIpc) is 2.78. The molecule has 0 saturated carbocycles. The number of hydrogen-bond donors (Lipinski definition) is 1. The van der Waals surface area contributed by atoms with Crippen molar-refractivity contribution in [3.63, 3.8) is 0 Å². The van der Waals surface area contributed by atoms with Gasteiger partial charge in [-0.1, -0.05) is 13.3 Å². The first-order valence-corrected chi connectivity index (χ1v) is 6.40. The van der Waals surface area contributed by atoms with Crippen LogP contribution >= 0.6 is 0 Å². The van der Waals surface area contributed by atoms with Crippen LogP contribution in [0.4, 0.5) is 4.79 Å². The molecule has 1 aliphatic heterocycles. The highest BCUT2D eigenvalue weighted by Crippen LogP contribution is 2.19. The molecule has 0 aromatic heterocycles. The Morgan fingerprint density at radius 1 is 1.41 bits per heavy atom. The highest BCUT2D eigenvalue weighted by atomic mass is 16.4. The third kappa shape index (κ3) is 3.35. The second-order valence-electron chi connectivity index (χ2n) is 4.41. The van der Waals surface area contributed by atoms with E-state index in [1.54, 1.807) is 4.90 Å². The third-order valence-electron chi connectivity index (χ3n) is 3.22. The van der Waals surface area contributed by atoms with Crippen molar-refractivity contribution in [3.05, 3.63) is 0 Å². The zero-order chi connectivity index (χ0) is 12.8. The highest BCUT2D eigenvalue weighted by Gasteiger charge is 2.35. The number of likely N-dealkylation sites (tertiary alicyclic amines) is 1. The van der Waals surface area contributed by atoms with E-state index in [1.807, 2.05) is 6.92 Å². The maximum atomic E-state index is 12.2. The van der Waals surface area contributed by atoms with E-state index in [4.69, 9.17) is 5.11 Å². The summed E-state index contributed by atoms with van der Waals surface area (Å²) in [6.07, 6.45) is 3.36. The van der Waals surface area contributed by atoms with Gasteiger partial charge in [-0.15, -0.1) is 0 Å². The SMILES string of the molecule is CCCCN(CC)C(=O)N1CCC[C@@H]1C(=O)O. The summed E-state index contributed by atoms with van der Waals surface area (Å²) in [7, 11) is 0. The first kappa shape index (κ1) is 13.8. The molecule has 1 N–H and O–H groups in total. The van der Waals surface area contributed by atoms with Crippen LogP contribution in [0.3, 0.4) is 0 Å². The van der Waals surface area contributed by atoms with Crippen LogP contribution in [0, 0.1) is 0 Å². The summed E-state index contributed by atoms with van der Waals surface area (Å²) in [6.45, 7) is 5.93. The Morgan fingerprint density at radius 3 is 2.65 bits per heavy atom. The summed E-state index contributed by atoms with van der Waals surface area (Å²) < 4.78 is 0. The van der Waals surface area contributed by atoms with Gasteiger partial charge in [-0.25, -0.2) is 9.59 Å². The lowest BCUT2D eigenvalue weighted by molar-refractivity contribution is -0.141. The molecule has 5 nitrogen and oxygen atoms in total. The minimum Gasteiger partial charge on any atom is -0.480 e. The van der Waals surface area contributed by atoms with Crippen molar-refractivity contribution in [2.24, 2.45) is 0 Å². The normalized spacial score (nSPS) is 19.4. The van der Waals surface area contributed by atoms with E-state index >= 15 is 0 Å². The molecule has 1 fully saturated rings. The van der Waals surface area contributed by atoms with E-state index in [0.717, 1.165) is 19.3 Å². The standard InChI is InChI=1S/C12H22N2O3/c1-3-5-8-13(4-2)12(17)14-9-6-7-10(14)11(15)16/h10H,3-9H2,1-2H3,(H,15,16)/t10-/m1/s1. The van der Waals surface area contributed by atoms with Gasteiger partial charge in [0.05, 0.1) is 0 Å². The van der Waals surface area contributed by atoms with E-state index in [9.17, 15) is 9.59 Å². The fraction of sp³-hybridized carbons (Fsp3) is 0.833. The quantitative estimate of drug-likeness (QED) is 0.799. The minimum atomic E-state index is -0.887. The Bertz CT molecular complexity index is 281. The monoisotopic (exact) mass is 242 g/mol. The van der Waals surface area contributed by atoms with Gasteiger partial charge in [0, 0.05) is 19.6 Å². The predicted molar refractivity (Wildman–Crippen MR) is 64.9 cm³/mol. The zero-order valence-electron chi connectivity index (χ0n) is 10.7. The molecular weight excluding hydrogens is 220 g/mol. The number of urea groups is 1. The van der Waals surface area contributed by atoms with E-state index in [0.29, 0.717) is 26.1 Å². The molecule has 5 heteroatoms. The molecule has 0 aromatic carbocycles. The number of unbranched alkanes of at least 4 members (excludes halogenated alkanes) is 1. The van der Waals surface area contributed by atoms with E-state index in [2.05, 4.69) is 6.92 Å². The molecule has 2 amide bonds. The number of carboxylic acid groups (broad SMARTS) is 1. The summed E-state index contributed by atoms with van der Waals surface area (Å²) in [6, 6.07) is -0.746. The smallest absolute Gasteiger partial charge is 0.326 e. The topological polar surface area (TPSA) is 60.9 Å². The molecule has 1 rings (SSSR count). The lowest BCUT2D eigenvalue weighted by atomic mass is 10.2. The fourth-order valence-electron chi connectivity index (χ4n) is 2.17. The van der Waals surface area contributed by atoms with Crippen LogP contribution in [0.5, 0.6) is 0 Å². The maximum absolute atomic E-state index is 12.2. The van der Waals surface area contributed by atoms with Crippen LogP contribution < -0.4 is 0 Å². The van der Waals surface area contributed by atoms with Gasteiger partial charge < -0.3 is 14.9 Å². The van der Waals surface area contributed by atoms with Crippen LogP contribution in [0.25, 0.3) is 0 Å². The largest absolute Gasteiger partial charge is 0.480 e. The van der Waals surface area contributed by atoms with Gasteiger partial charge in [0.1, 0.15) is 6.04 Å². The molecule has 1 aliphatic rings. The Morgan fingerprint density at radius 2 is 2.12 bits per heavy atom. The van der Waals surface area contributed by atoms with Crippen molar-refractivity contribution in [2.45, 2.75) is 45.6 Å². The van der Waals surface area contributed by atoms with E-state index in [1.165, 1.54) is 4.90 Å². The van der Waals surface area contributed by atoms with E-state index in [-0.39, 0.29) is 6.03 Å². The number of nitrogens with zero attached hydrogens (tertiary/aromatic N) is 2. The lowest BCUT2D eigenvalue weighted by Crippen LogP contribution is -2.48. The number of carbonyl (C=O) groups excluding carboxylic acids is 1. The Labute approximate surface area is 102 Å².